The molecule has 0 aliphatic carbocycles. The minimum atomic E-state index is 1.06. The lowest BCUT2D eigenvalue weighted by Gasteiger charge is -1.99. The molecule has 0 spiro atoms. The molecule has 0 bridgehead atoms. The van der Waals surface area contributed by atoms with Gasteiger partial charge in [0.15, 0.2) is 11.0 Å². The van der Waals surface area contributed by atoms with Crippen LogP contribution in [-0.4, -0.2) is 9.97 Å². The summed E-state index contributed by atoms with van der Waals surface area (Å²) in [5.41, 5.74) is 5.67. The largest absolute Gasteiger partial charge is 0.257 e. The Balaban J connectivity index is 1.68. The van der Waals surface area contributed by atoms with Crippen LogP contribution in [0.3, 0.4) is 0 Å². The molecule has 5 rings (SSSR count). The third-order valence-electron chi connectivity index (χ3n) is 4.44. The Morgan fingerprint density at radius 1 is 0.920 bits per heavy atom. The van der Waals surface area contributed by atoms with Crippen LogP contribution in [0.2, 0.25) is 0 Å². The molecule has 0 aliphatic heterocycles. The molecule has 0 aliphatic rings. The molecular weight excluding hydrogens is 326 g/mol. The predicted molar refractivity (Wildman–Crippen MR) is 103 cm³/mol. The lowest BCUT2D eigenvalue weighted by atomic mass is 10.2. The van der Waals surface area contributed by atoms with E-state index in [0.717, 1.165) is 27.4 Å². The van der Waals surface area contributed by atoms with E-state index in [1.54, 1.807) is 11.3 Å². The second kappa shape index (κ2) is 5.53. The second-order valence-corrected chi connectivity index (χ2v) is 7.13. The number of rotatable bonds is 2. The maximum Gasteiger partial charge on any atom is 0.257 e. The van der Waals surface area contributed by atoms with Crippen molar-refractivity contribution in [1.29, 1.82) is 0 Å². The van der Waals surface area contributed by atoms with Gasteiger partial charge in [-0.05, 0) is 42.5 Å². The fourth-order valence-corrected chi connectivity index (χ4v) is 4.26. The van der Waals surface area contributed by atoms with Crippen molar-refractivity contribution in [2.24, 2.45) is 0 Å². The van der Waals surface area contributed by atoms with Gasteiger partial charge in [-0.15, -0.1) is 11.3 Å². The van der Waals surface area contributed by atoms with Crippen molar-refractivity contribution in [1.82, 2.24) is 9.97 Å². The summed E-state index contributed by atoms with van der Waals surface area (Å²) in [6.45, 7) is 2.10. The second-order valence-electron chi connectivity index (χ2n) is 6.10. The van der Waals surface area contributed by atoms with Crippen LogP contribution in [0.5, 0.6) is 0 Å². The minimum Gasteiger partial charge on any atom is -0.241 e. The molecule has 3 aromatic carbocycles. The van der Waals surface area contributed by atoms with E-state index in [2.05, 4.69) is 77.1 Å². The molecule has 0 unspecified atom stereocenters. The van der Waals surface area contributed by atoms with Crippen LogP contribution in [0, 0.1) is 6.92 Å². The van der Waals surface area contributed by atoms with Gasteiger partial charge in [-0.1, -0.05) is 30.3 Å². The third kappa shape index (κ3) is 2.34. The Hall–Kier alpha value is -2.98. The van der Waals surface area contributed by atoms with Crippen molar-refractivity contribution in [3.05, 3.63) is 78.6 Å². The maximum absolute atomic E-state index is 4.77. The standard InChI is InChI=1S/C21H15N3S/c1-14-22-18-13-15(21-23-17-9-5-6-10-20(17)25-21)11-12-19(18)24(14)16-7-3-2-4-8-16/h2-13H,1H3/p+1. The number of hydrogen-bond donors (Lipinski definition) is 1. The first kappa shape index (κ1) is 14.4. The summed E-state index contributed by atoms with van der Waals surface area (Å²) in [7, 11) is 0. The fraction of sp³-hybridized carbons (Fsp3) is 0.0476. The highest BCUT2D eigenvalue weighted by atomic mass is 32.1. The maximum atomic E-state index is 4.77. The van der Waals surface area contributed by atoms with E-state index >= 15 is 0 Å². The van der Waals surface area contributed by atoms with Crippen LogP contribution >= 0.6 is 11.3 Å². The number of H-pyrrole nitrogens is 1. The van der Waals surface area contributed by atoms with Crippen molar-refractivity contribution in [2.75, 3.05) is 0 Å². The molecule has 0 amide bonds. The van der Waals surface area contributed by atoms with E-state index < -0.39 is 0 Å². The number of hydrogen-bond acceptors (Lipinski definition) is 2. The number of aryl methyl sites for hydroxylation is 1. The van der Waals surface area contributed by atoms with Gasteiger partial charge in [-0.3, -0.25) is 0 Å². The van der Waals surface area contributed by atoms with Gasteiger partial charge >= 0.3 is 0 Å². The number of fused-ring (bicyclic) bond motifs is 2. The topological polar surface area (TPSA) is 32.6 Å². The van der Waals surface area contributed by atoms with Gasteiger partial charge in [0.2, 0.25) is 0 Å². The lowest BCUT2D eigenvalue weighted by molar-refractivity contribution is -0.574. The van der Waals surface area contributed by atoms with Crippen molar-refractivity contribution < 1.29 is 4.57 Å². The Bertz CT molecular complexity index is 1170. The van der Waals surface area contributed by atoms with Gasteiger partial charge in [0.05, 0.1) is 10.2 Å². The highest BCUT2D eigenvalue weighted by molar-refractivity contribution is 7.21. The summed E-state index contributed by atoms with van der Waals surface area (Å²) in [6.07, 6.45) is 0. The first-order chi connectivity index (χ1) is 12.3. The number of nitrogens with one attached hydrogen (secondary N) is 1. The van der Waals surface area contributed by atoms with Crippen molar-refractivity contribution in [2.45, 2.75) is 6.92 Å². The lowest BCUT2D eigenvalue weighted by Crippen LogP contribution is -2.32. The Labute approximate surface area is 149 Å². The molecule has 0 atom stereocenters. The molecule has 0 fully saturated rings. The quantitative estimate of drug-likeness (QED) is 0.448. The predicted octanol–water partition coefficient (Wildman–Crippen LogP) is 5.03. The van der Waals surface area contributed by atoms with Crippen LogP contribution in [0.15, 0.2) is 72.8 Å². The average Bonchev–Trinajstić information content (AvgIpc) is 3.21. The Morgan fingerprint density at radius 2 is 1.72 bits per heavy atom. The van der Waals surface area contributed by atoms with Crippen LogP contribution in [0.4, 0.5) is 0 Å². The number of aromatic amines is 1. The molecule has 4 heteroatoms. The van der Waals surface area contributed by atoms with Crippen LogP contribution in [0.25, 0.3) is 37.5 Å². The average molecular weight is 342 g/mol. The SMILES string of the molecule is Cc1[nH]c2cc(-c3nc4ccccc4s3)ccc2[n+]1-c1ccccc1. The van der Waals surface area contributed by atoms with Crippen molar-refractivity contribution in [3.8, 4) is 16.3 Å². The van der Waals surface area contributed by atoms with E-state index in [-0.39, 0.29) is 0 Å². The monoisotopic (exact) mass is 342 g/mol. The molecule has 5 aromatic rings. The van der Waals surface area contributed by atoms with Gasteiger partial charge < -0.3 is 0 Å². The number of imidazole rings is 1. The number of thiazole rings is 1. The number of benzene rings is 3. The normalized spacial score (nSPS) is 11.4. The van der Waals surface area contributed by atoms with Crippen LogP contribution in [-0.2, 0) is 0 Å². The summed E-state index contributed by atoms with van der Waals surface area (Å²) in [6, 6.07) is 25.2. The molecule has 0 saturated heterocycles. The molecular formula is C21H16N3S+. The first-order valence-electron chi connectivity index (χ1n) is 8.25. The summed E-state index contributed by atoms with van der Waals surface area (Å²) < 4.78 is 3.47. The molecule has 120 valence electrons. The van der Waals surface area contributed by atoms with Gasteiger partial charge in [0.25, 0.3) is 5.82 Å². The van der Waals surface area contributed by atoms with Gasteiger partial charge in [0, 0.05) is 12.5 Å². The molecule has 0 saturated carbocycles. The zero-order valence-electron chi connectivity index (χ0n) is 13.7. The summed E-state index contributed by atoms with van der Waals surface area (Å²) >= 11 is 1.73. The van der Waals surface area contributed by atoms with Crippen molar-refractivity contribution in [3.63, 3.8) is 0 Å². The van der Waals surface area contributed by atoms with E-state index in [0.29, 0.717) is 0 Å². The molecule has 0 radical (unpaired) electrons. The highest BCUT2D eigenvalue weighted by Crippen LogP contribution is 2.31. The van der Waals surface area contributed by atoms with E-state index in [9.17, 15) is 0 Å². The van der Waals surface area contributed by atoms with Crippen LogP contribution in [0.1, 0.15) is 5.82 Å². The van der Waals surface area contributed by atoms with Gasteiger partial charge in [0.1, 0.15) is 10.7 Å². The first-order valence-corrected chi connectivity index (χ1v) is 9.07. The molecule has 25 heavy (non-hydrogen) atoms. The molecule has 2 heterocycles. The van der Waals surface area contributed by atoms with E-state index in [1.807, 2.05) is 12.1 Å². The molecule has 2 aromatic heterocycles. The molecule has 3 nitrogen and oxygen atoms in total. The van der Waals surface area contributed by atoms with Gasteiger partial charge in [-0.2, -0.15) is 4.57 Å². The number of aromatic nitrogens is 3. The fourth-order valence-electron chi connectivity index (χ4n) is 3.30. The highest BCUT2D eigenvalue weighted by Gasteiger charge is 2.18. The van der Waals surface area contributed by atoms with E-state index in [4.69, 9.17) is 4.98 Å². The zero-order valence-corrected chi connectivity index (χ0v) is 14.5. The zero-order chi connectivity index (χ0) is 16.8. The van der Waals surface area contributed by atoms with Crippen LogP contribution < -0.4 is 4.57 Å². The van der Waals surface area contributed by atoms with E-state index in [1.165, 1.54) is 15.9 Å². The van der Waals surface area contributed by atoms with Crippen molar-refractivity contribution >= 4 is 32.6 Å². The van der Waals surface area contributed by atoms with Gasteiger partial charge in [-0.25, -0.2) is 9.97 Å². The smallest absolute Gasteiger partial charge is 0.241 e. The summed E-state index contributed by atoms with van der Waals surface area (Å²) in [4.78, 5) is 8.28. The summed E-state index contributed by atoms with van der Waals surface area (Å²) in [5.74, 6) is 1.11. The minimum absolute atomic E-state index is 1.06. The molecule has 1 N–H and O–H groups in total. The summed E-state index contributed by atoms with van der Waals surface area (Å²) in [5, 5.41) is 1.06. The Morgan fingerprint density at radius 3 is 2.56 bits per heavy atom. The Kier molecular flexibility index (Phi) is 3.18. The number of para-hydroxylation sites is 2. The third-order valence-corrected chi connectivity index (χ3v) is 5.53. The number of nitrogens with zero attached hydrogens (tertiary/aromatic N) is 2.